The van der Waals surface area contributed by atoms with Crippen LogP contribution in [0.4, 0.5) is 0 Å². The lowest BCUT2D eigenvalue weighted by Gasteiger charge is -2.51. The number of piperidine rings is 1. The number of carboxylic acid groups (broad SMARTS) is 1. The van der Waals surface area contributed by atoms with Crippen molar-refractivity contribution in [2.24, 2.45) is 0 Å². The van der Waals surface area contributed by atoms with Crippen LogP contribution >= 0.6 is 0 Å². The van der Waals surface area contributed by atoms with E-state index in [4.69, 9.17) is 14.6 Å². The van der Waals surface area contributed by atoms with Gasteiger partial charge in [0.05, 0.1) is 0 Å². The van der Waals surface area contributed by atoms with E-state index in [2.05, 4.69) is 41.4 Å². The van der Waals surface area contributed by atoms with E-state index in [-0.39, 0.29) is 11.8 Å². The Labute approximate surface area is 254 Å². The molecule has 3 aromatic rings. The predicted molar refractivity (Wildman–Crippen MR) is 167 cm³/mol. The number of rotatable bonds is 10. The molecule has 8 heteroatoms. The van der Waals surface area contributed by atoms with Gasteiger partial charge in [0.2, 0.25) is 11.8 Å². The molecule has 228 valence electrons. The molecule has 0 bridgehead atoms. The smallest absolute Gasteiger partial charge is 0.300 e. The first kappa shape index (κ1) is 31.8. The average Bonchev–Trinajstić information content (AvgIpc) is 3.02. The molecule has 1 unspecified atom stereocenters. The molecule has 3 aromatic carbocycles. The number of nitrogens with zero attached hydrogens (tertiary/aromatic N) is 2. The largest absolute Gasteiger partial charge is 0.489 e. The average molecular weight is 586 g/mol. The van der Waals surface area contributed by atoms with Crippen LogP contribution in [0.3, 0.4) is 0 Å². The molecule has 2 heterocycles. The van der Waals surface area contributed by atoms with Crippen LogP contribution in [-0.4, -0.2) is 70.4 Å². The van der Waals surface area contributed by atoms with Crippen molar-refractivity contribution in [2.75, 3.05) is 26.2 Å². The minimum absolute atomic E-state index is 0.00562. The molecule has 43 heavy (non-hydrogen) atoms. The number of carbonyl (C=O) groups is 3. The Morgan fingerprint density at radius 3 is 2.05 bits per heavy atom. The van der Waals surface area contributed by atoms with Crippen molar-refractivity contribution in [2.45, 2.75) is 64.1 Å². The summed E-state index contributed by atoms with van der Waals surface area (Å²) in [5.74, 6) is -0.00291. The lowest BCUT2D eigenvalue weighted by atomic mass is 9.81. The zero-order valence-corrected chi connectivity index (χ0v) is 25.2. The summed E-state index contributed by atoms with van der Waals surface area (Å²) in [6.07, 6.45) is 3.66. The van der Waals surface area contributed by atoms with Gasteiger partial charge in [0, 0.05) is 39.5 Å². The molecular formula is C35H43N3O5. The highest BCUT2D eigenvalue weighted by molar-refractivity contribution is 6.00. The van der Waals surface area contributed by atoms with Crippen molar-refractivity contribution in [1.29, 1.82) is 0 Å². The highest BCUT2D eigenvalue weighted by Gasteiger charge is 2.53. The maximum atomic E-state index is 13.7. The zero-order valence-electron chi connectivity index (χ0n) is 25.2. The second-order valence-corrected chi connectivity index (χ2v) is 11.3. The number of hydrogen-bond acceptors (Lipinski definition) is 5. The number of piperazine rings is 1. The molecule has 2 fully saturated rings. The molecule has 5 rings (SSSR count). The van der Waals surface area contributed by atoms with Gasteiger partial charge in [-0.25, -0.2) is 0 Å². The maximum Gasteiger partial charge on any atom is 0.300 e. The minimum Gasteiger partial charge on any atom is -0.489 e. The summed E-state index contributed by atoms with van der Waals surface area (Å²) in [5, 5.41) is 10.5. The summed E-state index contributed by atoms with van der Waals surface area (Å²) >= 11 is 0. The van der Waals surface area contributed by atoms with Crippen LogP contribution in [0.1, 0.15) is 49.8 Å². The lowest BCUT2D eigenvalue weighted by molar-refractivity contribution is -0.161. The second-order valence-electron chi connectivity index (χ2n) is 11.3. The standard InChI is InChI=1S/C33H39N3O3.C2H4O2/c1-2-20-36-31(37)30(24-27-13-15-29(16-14-27)39-25-28-11-7-4-8-12-28)34-32(38)33(36)18-22-35(23-19-33)21-17-26-9-5-3-6-10-26;1-2(3)4/h3-16,30H,2,17-25H2,1H3,(H,34,38);1H3,(H,3,4). The first-order valence-corrected chi connectivity index (χ1v) is 15.1. The fraction of sp³-hybridized carbons (Fsp3) is 0.400. The number of carbonyl (C=O) groups excluding carboxylic acids is 2. The first-order valence-electron chi connectivity index (χ1n) is 15.1. The Kier molecular flexibility index (Phi) is 11.3. The summed E-state index contributed by atoms with van der Waals surface area (Å²) in [6, 6.07) is 27.9. The summed E-state index contributed by atoms with van der Waals surface area (Å²) in [4.78, 5) is 40.7. The van der Waals surface area contributed by atoms with E-state index in [0.29, 0.717) is 32.4 Å². The monoisotopic (exact) mass is 585 g/mol. The van der Waals surface area contributed by atoms with Gasteiger partial charge in [-0.15, -0.1) is 0 Å². The fourth-order valence-electron chi connectivity index (χ4n) is 5.84. The minimum atomic E-state index is -0.833. The zero-order chi connectivity index (χ0) is 30.7. The normalized spacial score (nSPS) is 18.0. The molecule has 1 spiro atoms. The van der Waals surface area contributed by atoms with Crippen molar-refractivity contribution >= 4 is 17.8 Å². The molecule has 2 saturated heterocycles. The SMILES string of the molecule is CC(=O)O.CCCN1C(=O)C(Cc2ccc(OCc3ccccc3)cc2)NC(=O)C12CCN(CCc1ccccc1)CC2. The van der Waals surface area contributed by atoms with Gasteiger partial charge in [0.15, 0.2) is 0 Å². The van der Waals surface area contributed by atoms with Gasteiger partial charge in [0.25, 0.3) is 5.97 Å². The van der Waals surface area contributed by atoms with Gasteiger partial charge in [0.1, 0.15) is 23.9 Å². The van der Waals surface area contributed by atoms with E-state index in [1.54, 1.807) is 0 Å². The third-order valence-electron chi connectivity index (χ3n) is 8.11. The second kappa shape index (κ2) is 15.3. The molecule has 0 aromatic heterocycles. The third-order valence-corrected chi connectivity index (χ3v) is 8.11. The number of ether oxygens (including phenoxy) is 1. The van der Waals surface area contributed by atoms with Crippen molar-refractivity contribution in [3.8, 4) is 5.75 Å². The van der Waals surface area contributed by atoms with Gasteiger partial charge in [-0.1, -0.05) is 79.7 Å². The summed E-state index contributed by atoms with van der Waals surface area (Å²) in [7, 11) is 0. The number of likely N-dealkylation sites (tertiary alicyclic amines) is 1. The van der Waals surface area contributed by atoms with E-state index in [0.717, 1.165) is 56.3 Å². The molecule has 0 aliphatic carbocycles. The van der Waals surface area contributed by atoms with Crippen LogP contribution in [0.25, 0.3) is 0 Å². The molecule has 1 atom stereocenters. The van der Waals surface area contributed by atoms with Crippen molar-refractivity contribution in [1.82, 2.24) is 15.1 Å². The number of carboxylic acids is 1. The third kappa shape index (κ3) is 8.67. The molecular weight excluding hydrogens is 542 g/mol. The van der Waals surface area contributed by atoms with E-state index in [1.807, 2.05) is 65.6 Å². The van der Waals surface area contributed by atoms with Crippen molar-refractivity contribution in [3.05, 3.63) is 102 Å². The molecule has 0 radical (unpaired) electrons. The molecule has 2 aliphatic rings. The quantitative estimate of drug-likeness (QED) is 0.358. The Morgan fingerprint density at radius 1 is 0.884 bits per heavy atom. The van der Waals surface area contributed by atoms with Gasteiger partial charge >= 0.3 is 0 Å². The van der Waals surface area contributed by atoms with Crippen LogP contribution in [0.2, 0.25) is 0 Å². The summed E-state index contributed by atoms with van der Waals surface area (Å²) in [5.41, 5.74) is 2.71. The van der Waals surface area contributed by atoms with Crippen molar-refractivity contribution in [3.63, 3.8) is 0 Å². The van der Waals surface area contributed by atoms with Gasteiger partial charge < -0.3 is 25.0 Å². The Morgan fingerprint density at radius 2 is 1.47 bits per heavy atom. The van der Waals surface area contributed by atoms with Crippen LogP contribution < -0.4 is 10.1 Å². The van der Waals surface area contributed by atoms with Crippen molar-refractivity contribution < 1.29 is 24.2 Å². The maximum absolute atomic E-state index is 13.7. The summed E-state index contributed by atoms with van der Waals surface area (Å²) in [6.45, 7) is 6.89. The molecule has 8 nitrogen and oxygen atoms in total. The number of hydrogen-bond donors (Lipinski definition) is 2. The number of aliphatic carboxylic acids is 1. The Balaban J connectivity index is 0.000000996. The summed E-state index contributed by atoms with van der Waals surface area (Å²) < 4.78 is 5.90. The highest BCUT2D eigenvalue weighted by atomic mass is 16.5. The first-order chi connectivity index (χ1) is 20.8. The number of nitrogens with one attached hydrogen (secondary N) is 1. The van der Waals surface area contributed by atoms with Crippen LogP contribution in [0.15, 0.2) is 84.9 Å². The molecule has 2 N–H and O–H groups in total. The van der Waals surface area contributed by atoms with Gasteiger partial charge in [-0.05, 0) is 54.5 Å². The van der Waals surface area contributed by atoms with Crippen LogP contribution in [0.5, 0.6) is 5.75 Å². The van der Waals surface area contributed by atoms with Crippen LogP contribution in [0, 0.1) is 0 Å². The Bertz CT molecular complexity index is 1320. The van der Waals surface area contributed by atoms with E-state index >= 15 is 0 Å². The molecule has 0 saturated carbocycles. The van der Waals surface area contributed by atoms with Crippen LogP contribution in [-0.2, 0) is 33.8 Å². The predicted octanol–water partition coefficient (Wildman–Crippen LogP) is 4.71. The fourth-order valence-corrected chi connectivity index (χ4v) is 5.84. The highest BCUT2D eigenvalue weighted by Crippen LogP contribution is 2.34. The number of benzene rings is 3. The number of amides is 2. The lowest BCUT2D eigenvalue weighted by Crippen LogP contribution is -2.73. The van der Waals surface area contributed by atoms with E-state index in [1.165, 1.54) is 5.56 Å². The van der Waals surface area contributed by atoms with Gasteiger partial charge in [-0.2, -0.15) is 0 Å². The Hall–Kier alpha value is -4.17. The topological polar surface area (TPSA) is 99.2 Å². The molecule has 2 amide bonds. The molecule has 2 aliphatic heterocycles. The van der Waals surface area contributed by atoms with E-state index in [9.17, 15) is 9.59 Å². The van der Waals surface area contributed by atoms with Gasteiger partial charge in [-0.3, -0.25) is 14.4 Å². The van der Waals surface area contributed by atoms with E-state index < -0.39 is 17.6 Å².